The minimum atomic E-state index is -0.514. The van der Waals surface area contributed by atoms with Crippen LogP contribution in [0.4, 0.5) is 0 Å². The molecule has 0 saturated carbocycles. The van der Waals surface area contributed by atoms with E-state index in [0.717, 1.165) is 16.7 Å². The number of nitrogens with zero attached hydrogens (tertiary/aromatic N) is 3. The summed E-state index contributed by atoms with van der Waals surface area (Å²) in [7, 11) is 0. The quantitative estimate of drug-likeness (QED) is 0.791. The van der Waals surface area contributed by atoms with Gasteiger partial charge in [0.2, 0.25) is 6.23 Å². The van der Waals surface area contributed by atoms with Crippen LogP contribution in [0.25, 0.3) is 11.6 Å². The minimum Gasteiger partial charge on any atom is -0.508 e. The smallest absolute Gasteiger partial charge is 0.217 e. The van der Waals surface area contributed by atoms with E-state index < -0.39 is 6.23 Å². The van der Waals surface area contributed by atoms with Crippen LogP contribution in [0, 0.1) is 0 Å². The third kappa shape index (κ3) is 2.52. The number of fused-ring (bicyclic) bond motifs is 1. The van der Waals surface area contributed by atoms with Gasteiger partial charge in [-0.15, -0.1) is 5.11 Å². The molecule has 0 aliphatic carbocycles. The predicted molar refractivity (Wildman–Crippen MR) is 87.5 cm³/mol. The van der Waals surface area contributed by atoms with Crippen molar-refractivity contribution in [3.05, 3.63) is 66.0 Å². The molecule has 0 fully saturated rings. The molecule has 2 heterocycles. The second-order valence-corrected chi connectivity index (χ2v) is 5.36. The summed E-state index contributed by atoms with van der Waals surface area (Å²) in [6.45, 7) is 0. The molecule has 2 aromatic carbocycles. The van der Waals surface area contributed by atoms with Crippen LogP contribution in [0.1, 0.15) is 11.1 Å². The molecule has 1 atom stereocenters. The fraction of sp³-hybridized carbons (Fsp3) is 0.0588. The summed E-state index contributed by atoms with van der Waals surface area (Å²) in [5.41, 5.74) is 5.40. The molecule has 4 rings (SSSR count). The lowest BCUT2D eigenvalue weighted by molar-refractivity contribution is 0.0634. The Hall–Kier alpha value is -3.48. The number of phenols is 2. The van der Waals surface area contributed by atoms with Gasteiger partial charge in [-0.05, 0) is 35.9 Å². The van der Waals surface area contributed by atoms with Crippen LogP contribution in [-0.2, 0) is 0 Å². The standard InChI is InChI=1S/C17H14N4O3/c22-13-4-1-11(2-5-13)15-9-12-3-6-14(23)10-16(12)24-17(15)21-8-7-18-19-20-21/h1-10,17,22-23H,(H,18,20). The zero-order valence-corrected chi connectivity index (χ0v) is 12.5. The number of hydrogen-bond acceptors (Lipinski definition) is 7. The van der Waals surface area contributed by atoms with E-state index in [9.17, 15) is 10.2 Å². The van der Waals surface area contributed by atoms with Crippen molar-refractivity contribution in [3.8, 4) is 17.2 Å². The van der Waals surface area contributed by atoms with Crippen molar-refractivity contribution in [2.45, 2.75) is 6.23 Å². The van der Waals surface area contributed by atoms with Gasteiger partial charge in [-0.2, -0.15) is 5.53 Å². The van der Waals surface area contributed by atoms with E-state index in [2.05, 4.69) is 15.9 Å². The molecule has 1 unspecified atom stereocenters. The summed E-state index contributed by atoms with van der Waals surface area (Å²) in [6.07, 6.45) is 4.72. The van der Waals surface area contributed by atoms with Gasteiger partial charge in [0.15, 0.2) is 0 Å². The zero-order valence-electron chi connectivity index (χ0n) is 12.5. The first-order chi connectivity index (χ1) is 11.7. The van der Waals surface area contributed by atoms with Crippen molar-refractivity contribution in [1.29, 1.82) is 0 Å². The Balaban J connectivity index is 1.80. The van der Waals surface area contributed by atoms with Crippen LogP contribution in [0.5, 0.6) is 17.2 Å². The van der Waals surface area contributed by atoms with E-state index in [1.165, 1.54) is 0 Å². The molecular formula is C17H14N4O3. The Bertz CT molecular complexity index is 859. The lowest BCUT2D eigenvalue weighted by Gasteiger charge is -2.34. The monoisotopic (exact) mass is 322 g/mol. The molecule has 24 heavy (non-hydrogen) atoms. The third-order valence-corrected chi connectivity index (χ3v) is 3.78. The molecule has 0 aromatic heterocycles. The fourth-order valence-corrected chi connectivity index (χ4v) is 2.63. The molecule has 0 bridgehead atoms. The van der Waals surface area contributed by atoms with Gasteiger partial charge in [-0.3, -0.25) is 0 Å². The molecule has 0 saturated heterocycles. The summed E-state index contributed by atoms with van der Waals surface area (Å²) in [4.78, 5) is 0. The Kier molecular flexibility index (Phi) is 3.31. The van der Waals surface area contributed by atoms with E-state index in [1.807, 2.05) is 18.2 Å². The Morgan fingerprint density at radius 2 is 1.83 bits per heavy atom. The maximum Gasteiger partial charge on any atom is 0.217 e. The predicted octanol–water partition coefficient (Wildman–Crippen LogP) is 3.02. The summed E-state index contributed by atoms with van der Waals surface area (Å²) in [5.74, 6) is 0.902. The van der Waals surface area contributed by atoms with E-state index in [0.29, 0.717) is 5.75 Å². The zero-order chi connectivity index (χ0) is 16.5. The molecule has 120 valence electrons. The van der Waals surface area contributed by atoms with Crippen molar-refractivity contribution in [1.82, 2.24) is 10.5 Å². The Labute approximate surface area is 137 Å². The van der Waals surface area contributed by atoms with Crippen LogP contribution in [0.2, 0.25) is 0 Å². The molecule has 7 heteroatoms. The number of nitrogens with one attached hydrogen (secondary N) is 1. The molecule has 2 aliphatic rings. The normalized spacial score (nSPS) is 18.4. The van der Waals surface area contributed by atoms with Gasteiger partial charge >= 0.3 is 0 Å². The van der Waals surface area contributed by atoms with Crippen molar-refractivity contribution < 1.29 is 14.9 Å². The number of hydrogen-bond donors (Lipinski definition) is 3. The highest BCUT2D eigenvalue weighted by molar-refractivity contribution is 5.87. The van der Waals surface area contributed by atoms with Crippen LogP contribution >= 0.6 is 0 Å². The van der Waals surface area contributed by atoms with Crippen LogP contribution in [0.3, 0.4) is 0 Å². The number of aromatic hydroxyl groups is 2. The molecule has 2 aliphatic heterocycles. The second kappa shape index (κ2) is 5.62. The van der Waals surface area contributed by atoms with Crippen molar-refractivity contribution >= 4 is 11.6 Å². The molecule has 0 spiro atoms. The number of benzene rings is 2. The highest BCUT2D eigenvalue weighted by Gasteiger charge is 2.29. The molecular weight excluding hydrogens is 308 g/mol. The lowest BCUT2D eigenvalue weighted by Crippen LogP contribution is -2.44. The first-order valence-electron chi connectivity index (χ1n) is 7.32. The van der Waals surface area contributed by atoms with Crippen LogP contribution < -0.4 is 10.3 Å². The molecule has 3 N–H and O–H groups in total. The van der Waals surface area contributed by atoms with Crippen LogP contribution in [0.15, 0.2) is 65.2 Å². The summed E-state index contributed by atoms with van der Waals surface area (Å²) >= 11 is 0. The highest BCUT2D eigenvalue weighted by Crippen LogP contribution is 2.37. The van der Waals surface area contributed by atoms with Crippen molar-refractivity contribution in [2.24, 2.45) is 10.3 Å². The maximum atomic E-state index is 9.69. The van der Waals surface area contributed by atoms with Gasteiger partial charge < -0.3 is 14.9 Å². The number of rotatable bonds is 2. The Morgan fingerprint density at radius 1 is 1.04 bits per heavy atom. The SMILES string of the molecule is Oc1ccc(C2=Cc3ccc(O)cc3OC2N2C=CN=NN2)cc1. The second-order valence-electron chi connectivity index (χ2n) is 5.36. The van der Waals surface area contributed by atoms with E-state index >= 15 is 0 Å². The Morgan fingerprint density at radius 3 is 2.58 bits per heavy atom. The first kappa shape index (κ1) is 14.1. The number of ether oxygens (including phenoxy) is 1. The molecule has 7 nitrogen and oxygen atoms in total. The molecule has 2 aromatic rings. The average molecular weight is 322 g/mol. The number of phenolic OH excluding ortho intramolecular Hbond substituents is 2. The third-order valence-electron chi connectivity index (χ3n) is 3.78. The maximum absolute atomic E-state index is 9.69. The summed E-state index contributed by atoms with van der Waals surface area (Å²) in [5, 5.41) is 28.4. The largest absolute Gasteiger partial charge is 0.508 e. The number of hydrazine groups is 1. The van der Waals surface area contributed by atoms with Gasteiger partial charge in [0.05, 0.1) is 6.20 Å². The lowest BCUT2D eigenvalue weighted by atomic mass is 9.98. The van der Waals surface area contributed by atoms with Crippen molar-refractivity contribution in [2.75, 3.05) is 0 Å². The van der Waals surface area contributed by atoms with E-state index in [4.69, 9.17) is 4.74 Å². The molecule has 0 amide bonds. The van der Waals surface area contributed by atoms with Gasteiger partial charge in [-0.25, -0.2) is 5.01 Å². The van der Waals surface area contributed by atoms with E-state index in [-0.39, 0.29) is 11.5 Å². The summed E-state index contributed by atoms with van der Waals surface area (Å²) < 4.78 is 6.07. The topological polar surface area (TPSA) is 89.7 Å². The van der Waals surface area contributed by atoms with Gasteiger partial charge in [-0.1, -0.05) is 17.4 Å². The van der Waals surface area contributed by atoms with E-state index in [1.54, 1.807) is 47.7 Å². The fourth-order valence-electron chi connectivity index (χ4n) is 2.63. The summed E-state index contributed by atoms with van der Waals surface area (Å²) in [6, 6.07) is 11.9. The average Bonchev–Trinajstić information content (AvgIpc) is 2.62. The first-order valence-corrected chi connectivity index (χ1v) is 7.32. The minimum absolute atomic E-state index is 0.135. The van der Waals surface area contributed by atoms with Crippen LogP contribution in [-0.4, -0.2) is 21.4 Å². The van der Waals surface area contributed by atoms with Crippen molar-refractivity contribution in [3.63, 3.8) is 0 Å². The highest BCUT2D eigenvalue weighted by atomic mass is 16.5. The van der Waals surface area contributed by atoms with Gasteiger partial charge in [0, 0.05) is 23.4 Å². The molecule has 0 radical (unpaired) electrons. The van der Waals surface area contributed by atoms with Gasteiger partial charge in [0.1, 0.15) is 17.2 Å². The van der Waals surface area contributed by atoms with Gasteiger partial charge in [0.25, 0.3) is 0 Å².